The summed E-state index contributed by atoms with van der Waals surface area (Å²) in [6.07, 6.45) is 1.34. The lowest BCUT2D eigenvalue weighted by Gasteiger charge is -2.18. The number of rotatable bonds is 4. The van der Waals surface area contributed by atoms with Gasteiger partial charge in [-0.2, -0.15) is 0 Å². The summed E-state index contributed by atoms with van der Waals surface area (Å²) in [4.78, 5) is 4.54. The third-order valence-corrected chi connectivity index (χ3v) is 3.72. The standard InChI is InChI=1S/C12H20N2OS/c1-8(2)13-6-10-4-5-15-12(10)11-7-16-9(3)14-11/h7-8,10,12-13H,4-6H2,1-3H3. The van der Waals surface area contributed by atoms with E-state index in [1.54, 1.807) is 11.3 Å². The van der Waals surface area contributed by atoms with E-state index in [1.807, 2.05) is 6.92 Å². The molecule has 0 saturated carbocycles. The molecule has 16 heavy (non-hydrogen) atoms. The third-order valence-electron chi connectivity index (χ3n) is 2.93. The Balaban J connectivity index is 1.98. The summed E-state index contributed by atoms with van der Waals surface area (Å²) >= 11 is 1.71. The summed E-state index contributed by atoms with van der Waals surface area (Å²) < 4.78 is 5.80. The van der Waals surface area contributed by atoms with E-state index >= 15 is 0 Å². The van der Waals surface area contributed by atoms with Crippen LogP contribution in [0, 0.1) is 12.8 Å². The van der Waals surface area contributed by atoms with Crippen LogP contribution in [0.2, 0.25) is 0 Å². The molecule has 3 nitrogen and oxygen atoms in total. The number of hydrogen-bond donors (Lipinski definition) is 1. The van der Waals surface area contributed by atoms with Gasteiger partial charge < -0.3 is 10.1 Å². The number of hydrogen-bond acceptors (Lipinski definition) is 4. The van der Waals surface area contributed by atoms with Crippen molar-refractivity contribution in [3.63, 3.8) is 0 Å². The molecule has 1 aromatic heterocycles. The van der Waals surface area contributed by atoms with Crippen molar-refractivity contribution in [2.24, 2.45) is 5.92 Å². The van der Waals surface area contributed by atoms with Crippen molar-refractivity contribution in [1.29, 1.82) is 0 Å². The molecule has 2 heterocycles. The van der Waals surface area contributed by atoms with Crippen molar-refractivity contribution in [3.8, 4) is 0 Å². The molecule has 0 amide bonds. The molecule has 1 aromatic rings. The second kappa shape index (κ2) is 5.25. The van der Waals surface area contributed by atoms with E-state index < -0.39 is 0 Å². The minimum Gasteiger partial charge on any atom is -0.372 e. The van der Waals surface area contributed by atoms with Gasteiger partial charge in [0.05, 0.1) is 10.7 Å². The first kappa shape index (κ1) is 12.0. The van der Waals surface area contributed by atoms with E-state index in [1.165, 1.54) is 0 Å². The first-order valence-corrected chi connectivity index (χ1v) is 6.82. The van der Waals surface area contributed by atoms with Crippen LogP contribution in [-0.2, 0) is 4.74 Å². The maximum absolute atomic E-state index is 5.80. The van der Waals surface area contributed by atoms with Gasteiger partial charge >= 0.3 is 0 Å². The van der Waals surface area contributed by atoms with Crippen LogP contribution < -0.4 is 5.32 Å². The smallest absolute Gasteiger partial charge is 0.104 e. The average molecular weight is 240 g/mol. The maximum Gasteiger partial charge on any atom is 0.104 e. The summed E-state index contributed by atoms with van der Waals surface area (Å²) in [5, 5.41) is 6.75. The molecule has 2 atom stereocenters. The number of nitrogens with one attached hydrogen (secondary N) is 1. The van der Waals surface area contributed by atoms with Crippen molar-refractivity contribution in [1.82, 2.24) is 10.3 Å². The number of ether oxygens (including phenoxy) is 1. The zero-order chi connectivity index (χ0) is 11.5. The first-order valence-electron chi connectivity index (χ1n) is 5.94. The minimum absolute atomic E-state index is 0.205. The number of nitrogens with zero attached hydrogens (tertiary/aromatic N) is 1. The molecule has 0 bridgehead atoms. The van der Waals surface area contributed by atoms with Crippen molar-refractivity contribution >= 4 is 11.3 Å². The van der Waals surface area contributed by atoms with Gasteiger partial charge in [0.25, 0.3) is 0 Å². The summed E-state index contributed by atoms with van der Waals surface area (Å²) in [5.41, 5.74) is 1.12. The van der Waals surface area contributed by atoms with Crippen molar-refractivity contribution in [2.75, 3.05) is 13.2 Å². The molecule has 4 heteroatoms. The third kappa shape index (κ3) is 2.81. The van der Waals surface area contributed by atoms with Crippen LogP contribution in [0.15, 0.2) is 5.38 Å². The van der Waals surface area contributed by atoms with Crippen LogP contribution in [0.4, 0.5) is 0 Å². The molecule has 0 spiro atoms. The SMILES string of the molecule is Cc1nc(C2OCCC2CNC(C)C)cs1. The highest BCUT2D eigenvalue weighted by Gasteiger charge is 2.31. The van der Waals surface area contributed by atoms with E-state index in [4.69, 9.17) is 4.74 Å². The molecule has 1 N–H and O–H groups in total. The van der Waals surface area contributed by atoms with Gasteiger partial charge in [-0.05, 0) is 13.3 Å². The van der Waals surface area contributed by atoms with Gasteiger partial charge in [0.2, 0.25) is 0 Å². The Morgan fingerprint density at radius 1 is 1.62 bits per heavy atom. The normalized spacial score (nSPS) is 25.5. The summed E-state index contributed by atoms with van der Waals surface area (Å²) in [6.45, 7) is 8.30. The van der Waals surface area contributed by atoms with Crippen LogP contribution in [0.1, 0.15) is 37.1 Å². The monoisotopic (exact) mass is 240 g/mol. The van der Waals surface area contributed by atoms with Crippen LogP contribution in [0.3, 0.4) is 0 Å². The molecule has 1 fully saturated rings. The van der Waals surface area contributed by atoms with E-state index in [-0.39, 0.29) is 6.10 Å². The summed E-state index contributed by atoms with van der Waals surface area (Å²) in [7, 11) is 0. The second-order valence-corrected chi connectivity index (χ2v) is 5.76. The topological polar surface area (TPSA) is 34.1 Å². The summed E-state index contributed by atoms with van der Waals surface area (Å²) in [5.74, 6) is 0.573. The molecule has 1 aliphatic heterocycles. The lowest BCUT2D eigenvalue weighted by molar-refractivity contribution is 0.0870. The van der Waals surface area contributed by atoms with Gasteiger partial charge in [-0.1, -0.05) is 13.8 Å². The Labute approximate surface area is 101 Å². The lowest BCUT2D eigenvalue weighted by atomic mass is 9.99. The van der Waals surface area contributed by atoms with Gasteiger partial charge in [-0.25, -0.2) is 4.98 Å². The Kier molecular flexibility index (Phi) is 3.95. The van der Waals surface area contributed by atoms with Crippen LogP contribution >= 0.6 is 11.3 Å². The average Bonchev–Trinajstić information content (AvgIpc) is 2.82. The molecular formula is C12H20N2OS. The molecular weight excluding hydrogens is 220 g/mol. The highest BCUT2D eigenvalue weighted by Crippen LogP contribution is 2.34. The minimum atomic E-state index is 0.205. The van der Waals surface area contributed by atoms with Gasteiger partial charge in [0, 0.05) is 30.5 Å². The van der Waals surface area contributed by atoms with Gasteiger partial charge in [0.15, 0.2) is 0 Å². The van der Waals surface area contributed by atoms with Crippen molar-refractivity contribution < 1.29 is 4.74 Å². The molecule has 0 aliphatic carbocycles. The quantitative estimate of drug-likeness (QED) is 0.878. The fourth-order valence-electron chi connectivity index (χ4n) is 2.07. The number of thiazole rings is 1. The fraction of sp³-hybridized carbons (Fsp3) is 0.750. The number of aromatic nitrogens is 1. The van der Waals surface area contributed by atoms with Gasteiger partial charge in [-0.15, -0.1) is 11.3 Å². The number of aryl methyl sites for hydroxylation is 1. The van der Waals surface area contributed by atoms with Crippen molar-refractivity contribution in [2.45, 2.75) is 39.3 Å². The largest absolute Gasteiger partial charge is 0.372 e. The molecule has 90 valence electrons. The molecule has 1 saturated heterocycles. The molecule has 0 radical (unpaired) electrons. The second-order valence-electron chi connectivity index (χ2n) is 4.69. The highest BCUT2D eigenvalue weighted by molar-refractivity contribution is 7.09. The zero-order valence-corrected chi connectivity index (χ0v) is 11.0. The highest BCUT2D eigenvalue weighted by atomic mass is 32.1. The Morgan fingerprint density at radius 2 is 2.44 bits per heavy atom. The molecule has 2 rings (SSSR count). The van der Waals surface area contributed by atoms with E-state index in [2.05, 4.69) is 29.5 Å². The lowest BCUT2D eigenvalue weighted by Crippen LogP contribution is -2.30. The maximum atomic E-state index is 5.80. The Hall–Kier alpha value is -0.450. The van der Waals surface area contributed by atoms with Crippen molar-refractivity contribution in [3.05, 3.63) is 16.1 Å². The Morgan fingerprint density at radius 3 is 3.06 bits per heavy atom. The van der Waals surface area contributed by atoms with E-state index in [0.717, 1.165) is 30.3 Å². The molecule has 1 aliphatic rings. The zero-order valence-electron chi connectivity index (χ0n) is 10.2. The van der Waals surface area contributed by atoms with E-state index in [0.29, 0.717) is 12.0 Å². The van der Waals surface area contributed by atoms with Gasteiger partial charge in [-0.3, -0.25) is 0 Å². The van der Waals surface area contributed by atoms with Crippen LogP contribution in [-0.4, -0.2) is 24.2 Å². The molecule has 2 unspecified atom stereocenters. The van der Waals surface area contributed by atoms with Crippen LogP contribution in [0.25, 0.3) is 0 Å². The van der Waals surface area contributed by atoms with E-state index in [9.17, 15) is 0 Å². The fourth-order valence-corrected chi connectivity index (χ4v) is 2.70. The summed E-state index contributed by atoms with van der Waals surface area (Å²) in [6, 6.07) is 0.540. The van der Waals surface area contributed by atoms with Crippen LogP contribution in [0.5, 0.6) is 0 Å². The first-order chi connectivity index (χ1) is 7.66. The molecule has 0 aromatic carbocycles. The Bertz CT molecular complexity index is 338. The predicted octanol–water partition coefficient (Wildman–Crippen LogP) is 2.53. The predicted molar refractivity (Wildman–Crippen MR) is 66.8 cm³/mol. The van der Waals surface area contributed by atoms with Gasteiger partial charge in [0.1, 0.15) is 6.10 Å².